The molecule has 0 aliphatic heterocycles. The van der Waals surface area contributed by atoms with E-state index in [0.717, 1.165) is 12.8 Å². The monoisotopic (exact) mass is 214 g/mol. The van der Waals surface area contributed by atoms with Gasteiger partial charge in [0, 0.05) is 0 Å². The summed E-state index contributed by atoms with van der Waals surface area (Å²) in [6, 6.07) is 0. The molecule has 1 saturated carbocycles. The van der Waals surface area contributed by atoms with Crippen molar-refractivity contribution in [3.63, 3.8) is 0 Å². The van der Waals surface area contributed by atoms with E-state index >= 15 is 0 Å². The van der Waals surface area contributed by atoms with Crippen molar-refractivity contribution < 1.29 is 14.6 Å². The quantitative estimate of drug-likeness (QED) is 0.713. The van der Waals surface area contributed by atoms with E-state index in [1.807, 2.05) is 6.92 Å². The van der Waals surface area contributed by atoms with Gasteiger partial charge >= 0.3 is 5.97 Å². The number of hydrogen-bond donors (Lipinski definition) is 1. The van der Waals surface area contributed by atoms with Crippen molar-refractivity contribution in [1.82, 2.24) is 0 Å². The fraction of sp³-hybridized carbons (Fsp3) is 0.917. The Balaban J connectivity index is 2.52. The molecule has 88 valence electrons. The van der Waals surface area contributed by atoms with Crippen molar-refractivity contribution >= 4 is 5.97 Å². The lowest BCUT2D eigenvalue weighted by molar-refractivity contribution is -0.153. The Morgan fingerprint density at radius 1 is 1.40 bits per heavy atom. The van der Waals surface area contributed by atoms with E-state index in [0.29, 0.717) is 18.9 Å². The minimum absolute atomic E-state index is 0.237. The molecule has 0 bridgehead atoms. The average molecular weight is 214 g/mol. The first-order valence-corrected chi connectivity index (χ1v) is 6.05. The maximum atomic E-state index is 11.6. The van der Waals surface area contributed by atoms with E-state index in [9.17, 15) is 9.90 Å². The van der Waals surface area contributed by atoms with Crippen molar-refractivity contribution in [2.45, 2.75) is 52.1 Å². The molecule has 0 radical (unpaired) electrons. The van der Waals surface area contributed by atoms with Crippen LogP contribution in [0, 0.1) is 11.8 Å². The van der Waals surface area contributed by atoms with Crippen LogP contribution in [-0.4, -0.2) is 23.8 Å². The van der Waals surface area contributed by atoms with E-state index < -0.39 is 6.10 Å². The van der Waals surface area contributed by atoms with Crippen molar-refractivity contribution in [1.29, 1.82) is 0 Å². The fourth-order valence-electron chi connectivity index (χ4n) is 2.42. The topological polar surface area (TPSA) is 46.5 Å². The number of esters is 1. The van der Waals surface area contributed by atoms with Crippen molar-refractivity contribution in [2.75, 3.05) is 6.61 Å². The first-order chi connectivity index (χ1) is 7.20. The molecule has 0 saturated heterocycles. The maximum Gasteiger partial charge on any atom is 0.311 e. The zero-order valence-corrected chi connectivity index (χ0v) is 9.74. The molecule has 0 amide bonds. The second kappa shape index (κ2) is 6.11. The van der Waals surface area contributed by atoms with Crippen molar-refractivity contribution in [3.05, 3.63) is 0 Å². The smallest absolute Gasteiger partial charge is 0.311 e. The molecule has 2 atom stereocenters. The lowest BCUT2D eigenvalue weighted by atomic mass is 9.88. The standard InChI is InChI=1S/C12H22O3/c1-3-10(12(14)15-4-2)11(13)9-7-5-6-8-9/h9-11,13H,3-8H2,1-2H3. The summed E-state index contributed by atoms with van der Waals surface area (Å²) >= 11 is 0. The summed E-state index contributed by atoms with van der Waals surface area (Å²) < 4.78 is 4.98. The van der Waals surface area contributed by atoms with Crippen molar-refractivity contribution in [2.24, 2.45) is 11.8 Å². The fourth-order valence-corrected chi connectivity index (χ4v) is 2.42. The molecule has 3 heteroatoms. The van der Waals surface area contributed by atoms with E-state index in [1.165, 1.54) is 12.8 Å². The third kappa shape index (κ3) is 3.20. The molecule has 3 nitrogen and oxygen atoms in total. The normalized spacial score (nSPS) is 21.3. The average Bonchev–Trinajstić information content (AvgIpc) is 2.71. The summed E-state index contributed by atoms with van der Waals surface area (Å²) in [5, 5.41) is 10.1. The Morgan fingerprint density at radius 3 is 2.47 bits per heavy atom. The lowest BCUT2D eigenvalue weighted by Crippen LogP contribution is -2.34. The molecule has 1 N–H and O–H groups in total. The number of carbonyl (C=O) groups excluding carboxylic acids is 1. The summed E-state index contributed by atoms with van der Waals surface area (Å²) in [7, 11) is 0. The molecular weight excluding hydrogens is 192 g/mol. The molecule has 0 aromatic carbocycles. The van der Waals surface area contributed by atoms with Crippen LogP contribution in [0.5, 0.6) is 0 Å². The van der Waals surface area contributed by atoms with Gasteiger partial charge < -0.3 is 9.84 Å². The SMILES string of the molecule is CCOC(=O)C(CC)C(O)C1CCCC1. The number of ether oxygens (including phenoxy) is 1. The van der Waals surface area contributed by atoms with Gasteiger partial charge in [0.2, 0.25) is 0 Å². The van der Waals surface area contributed by atoms with E-state index in [-0.39, 0.29) is 11.9 Å². The third-order valence-electron chi connectivity index (χ3n) is 3.32. The van der Waals surface area contributed by atoms with Gasteiger partial charge in [0.05, 0.1) is 18.6 Å². The Bertz CT molecular complexity index is 197. The van der Waals surface area contributed by atoms with Crippen LogP contribution in [0.2, 0.25) is 0 Å². The number of aliphatic hydroxyl groups is 1. The van der Waals surface area contributed by atoms with Gasteiger partial charge in [0.15, 0.2) is 0 Å². The largest absolute Gasteiger partial charge is 0.466 e. The summed E-state index contributed by atoms with van der Waals surface area (Å²) in [4.78, 5) is 11.6. The van der Waals surface area contributed by atoms with Crippen LogP contribution in [-0.2, 0) is 9.53 Å². The molecule has 15 heavy (non-hydrogen) atoms. The van der Waals surface area contributed by atoms with Gasteiger partial charge in [-0.05, 0) is 32.1 Å². The van der Waals surface area contributed by atoms with Crippen molar-refractivity contribution in [3.8, 4) is 0 Å². The summed E-state index contributed by atoms with van der Waals surface area (Å²) in [5.41, 5.74) is 0. The highest BCUT2D eigenvalue weighted by atomic mass is 16.5. The molecule has 1 rings (SSSR count). The summed E-state index contributed by atoms with van der Waals surface area (Å²) in [6.45, 7) is 4.12. The molecule has 0 aromatic heterocycles. The zero-order chi connectivity index (χ0) is 11.3. The highest BCUT2D eigenvalue weighted by Gasteiger charge is 2.33. The van der Waals surface area contributed by atoms with Crippen LogP contribution in [0.3, 0.4) is 0 Å². The van der Waals surface area contributed by atoms with Crippen LogP contribution < -0.4 is 0 Å². The molecule has 0 spiro atoms. The van der Waals surface area contributed by atoms with E-state index in [4.69, 9.17) is 4.74 Å². The van der Waals surface area contributed by atoms with E-state index in [1.54, 1.807) is 6.92 Å². The lowest BCUT2D eigenvalue weighted by Gasteiger charge is -2.24. The van der Waals surface area contributed by atoms with Gasteiger partial charge in [-0.3, -0.25) is 4.79 Å². The maximum absolute atomic E-state index is 11.6. The third-order valence-corrected chi connectivity index (χ3v) is 3.32. The Kier molecular flexibility index (Phi) is 5.09. The van der Waals surface area contributed by atoms with Gasteiger partial charge in [-0.1, -0.05) is 19.8 Å². The Hall–Kier alpha value is -0.570. The summed E-state index contributed by atoms with van der Waals surface area (Å²) in [6.07, 6.45) is 4.63. The molecule has 1 aliphatic rings. The number of rotatable bonds is 5. The predicted molar refractivity (Wildman–Crippen MR) is 58.4 cm³/mol. The van der Waals surface area contributed by atoms with Gasteiger partial charge in [0.25, 0.3) is 0 Å². The molecule has 1 fully saturated rings. The van der Waals surface area contributed by atoms with Crippen LogP contribution in [0.1, 0.15) is 46.0 Å². The first kappa shape index (κ1) is 12.5. The minimum Gasteiger partial charge on any atom is -0.466 e. The summed E-state index contributed by atoms with van der Waals surface area (Å²) in [5.74, 6) is -0.258. The second-order valence-electron chi connectivity index (χ2n) is 4.30. The van der Waals surface area contributed by atoms with Gasteiger partial charge in [-0.25, -0.2) is 0 Å². The highest BCUT2D eigenvalue weighted by molar-refractivity contribution is 5.73. The number of hydrogen-bond acceptors (Lipinski definition) is 3. The van der Waals surface area contributed by atoms with Crippen LogP contribution in [0.4, 0.5) is 0 Å². The Morgan fingerprint density at radius 2 is 2.00 bits per heavy atom. The van der Waals surface area contributed by atoms with Crippen LogP contribution in [0.25, 0.3) is 0 Å². The molecule has 2 unspecified atom stereocenters. The van der Waals surface area contributed by atoms with Crippen LogP contribution >= 0.6 is 0 Å². The number of carbonyl (C=O) groups is 1. The van der Waals surface area contributed by atoms with Gasteiger partial charge in [0.1, 0.15) is 0 Å². The predicted octanol–water partition coefficient (Wildman–Crippen LogP) is 2.13. The van der Waals surface area contributed by atoms with Crippen LogP contribution in [0.15, 0.2) is 0 Å². The first-order valence-electron chi connectivity index (χ1n) is 6.05. The molecule has 1 aliphatic carbocycles. The second-order valence-corrected chi connectivity index (χ2v) is 4.30. The highest BCUT2D eigenvalue weighted by Crippen LogP contribution is 2.32. The Labute approximate surface area is 91.8 Å². The minimum atomic E-state index is -0.503. The van der Waals surface area contributed by atoms with E-state index in [2.05, 4.69) is 0 Å². The van der Waals surface area contributed by atoms with Gasteiger partial charge in [-0.2, -0.15) is 0 Å². The zero-order valence-electron chi connectivity index (χ0n) is 9.74. The molecule has 0 heterocycles. The molecular formula is C12H22O3. The van der Waals surface area contributed by atoms with Gasteiger partial charge in [-0.15, -0.1) is 0 Å². The number of aliphatic hydroxyl groups excluding tert-OH is 1. The molecule has 0 aromatic rings.